The van der Waals surface area contributed by atoms with Gasteiger partial charge in [0.05, 0.1) is 5.69 Å². The fourth-order valence-corrected chi connectivity index (χ4v) is 3.47. The standard InChI is InChI=1S/C23H24N6O2/c1-16(30)28-12-14-29(15-13-28)22(31)18-4-8-20(9-5-18)26-23-25-11-10-21(27-23)17-2-6-19(24)7-3-17/h2-11H,12-15,24H2,1H3,(H,25,26,27). The second-order valence-electron chi connectivity index (χ2n) is 7.39. The van der Waals surface area contributed by atoms with Gasteiger partial charge in [0.1, 0.15) is 0 Å². The van der Waals surface area contributed by atoms with E-state index < -0.39 is 0 Å². The second-order valence-corrected chi connectivity index (χ2v) is 7.39. The van der Waals surface area contributed by atoms with E-state index in [2.05, 4.69) is 15.3 Å². The Labute approximate surface area is 180 Å². The molecule has 2 aromatic carbocycles. The van der Waals surface area contributed by atoms with Crippen molar-refractivity contribution in [3.05, 3.63) is 66.4 Å². The van der Waals surface area contributed by atoms with Gasteiger partial charge in [-0.3, -0.25) is 9.59 Å². The molecule has 0 aliphatic carbocycles. The van der Waals surface area contributed by atoms with Crippen LogP contribution in [0.4, 0.5) is 17.3 Å². The van der Waals surface area contributed by atoms with Gasteiger partial charge in [-0.05, 0) is 42.5 Å². The average molecular weight is 416 g/mol. The zero-order valence-corrected chi connectivity index (χ0v) is 17.3. The predicted octanol–water partition coefficient (Wildman–Crippen LogP) is 2.77. The Morgan fingerprint density at radius 2 is 1.55 bits per heavy atom. The highest BCUT2D eigenvalue weighted by Gasteiger charge is 2.23. The van der Waals surface area contributed by atoms with E-state index in [0.29, 0.717) is 43.4 Å². The van der Waals surface area contributed by atoms with Crippen LogP contribution in [0.2, 0.25) is 0 Å². The van der Waals surface area contributed by atoms with Gasteiger partial charge in [0.2, 0.25) is 11.9 Å². The maximum Gasteiger partial charge on any atom is 0.253 e. The summed E-state index contributed by atoms with van der Waals surface area (Å²) in [6.07, 6.45) is 1.69. The monoisotopic (exact) mass is 416 g/mol. The molecule has 0 bridgehead atoms. The molecule has 158 valence electrons. The Hall–Kier alpha value is -3.94. The Morgan fingerprint density at radius 3 is 2.19 bits per heavy atom. The molecule has 0 radical (unpaired) electrons. The van der Waals surface area contributed by atoms with Gasteiger partial charge < -0.3 is 20.9 Å². The van der Waals surface area contributed by atoms with Crippen molar-refractivity contribution >= 4 is 29.1 Å². The molecule has 0 spiro atoms. The number of nitrogens with zero attached hydrogens (tertiary/aromatic N) is 4. The Kier molecular flexibility index (Phi) is 5.79. The van der Waals surface area contributed by atoms with Crippen LogP contribution < -0.4 is 11.1 Å². The number of aromatic nitrogens is 2. The minimum Gasteiger partial charge on any atom is -0.399 e. The SMILES string of the molecule is CC(=O)N1CCN(C(=O)c2ccc(Nc3nccc(-c4ccc(N)cc4)n3)cc2)CC1. The van der Waals surface area contributed by atoms with Crippen molar-refractivity contribution in [1.82, 2.24) is 19.8 Å². The van der Waals surface area contributed by atoms with E-state index in [-0.39, 0.29) is 11.8 Å². The molecule has 2 amide bonds. The molecular formula is C23H24N6O2. The van der Waals surface area contributed by atoms with E-state index >= 15 is 0 Å². The zero-order chi connectivity index (χ0) is 21.8. The first kappa shape index (κ1) is 20.3. The number of anilines is 3. The molecule has 4 rings (SSSR count). The predicted molar refractivity (Wildman–Crippen MR) is 120 cm³/mol. The second kappa shape index (κ2) is 8.83. The lowest BCUT2D eigenvalue weighted by Crippen LogP contribution is -2.50. The summed E-state index contributed by atoms with van der Waals surface area (Å²) >= 11 is 0. The molecule has 1 fully saturated rings. The number of nitrogens with one attached hydrogen (secondary N) is 1. The van der Waals surface area contributed by atoms with Crippen molar-refractivity contribution in [2.75, 3.05) is 37.2 Å². The maximum atomic E-state index is 12.7. The van der Waals surface area contributed by atoms with E-state index in [9.17, 15) is 9.59 Å². The Balaban J connectivity index is 1.41. The lowest BCUT2D eigenvalue weighted by molar-refractivity contribution is -0.130. The molecule has 2 heterocycles. The van der Waals surface area contributed by atoms with Gasteiger partial charge in [0.15, 0.2) is 0 Å². The number of nitrogens with two attached hydrogens (primary N) is 1. The van der Waals surface area contributed by atoms with Crippen molar-refractivity contribution in [2.45, 2.75) is 6.92 Å². The number of nitrogen functional groups attached to an aromatic ring is 1. The van der Waals surface area contributed by atoms with Crippen LogP contribution >= 0.6 is 0 Å². The van der Waals surface area contributed by atoms with Gasteiger partial charge >= 0.3 is 0 Å². The molecule has 1 aliphatic rings. The first-order valence-corrected chi connectivity index (χ1v) is 10.1. The minimum atomic E-state index is -0.0312. The summed E-state index contributed by atoms with van der Waals surface area (Å²) < 4.78 is 0. The van der Waals surface area contributed by atoms with Gasteiger partial charge in [-0.2, -0.15) is 0 Å². The molecule has 8 nitrogen and oxygen atoms in total. The molecule has 1 saturated heterocycles. The first-order valence-electron chi connectivity index (χ1n) is 10.1. The lowest BCUT2D eigenvalue weighted by Gasteiger charge is -2.34. The van der Waals surface area contributed by atoms with Crippen molar-refractivity contribution in [1.29, 1.82) is 0 Å². The van der Waals surface area contributed by atoms with Crippen molar-refractivity contribution in [2.24, 2.45) is 0 Å². The number of piperazine rings is 1. The normalized spacial score (nSPS) is 13.7. The van der Waals surface area contributed by atoms with Crippen molar-refractivity contribution in [3.63, 3.8) is 0 Å². The van der Waals surface area contributed by atoms with Crippen LogP contribution in [0.15, 0.2) is 60.8 Å². The molecule has 8 heteroatoms. The molecule has 0 atom stereocenters. The summed E-state index contributed by atoms with van der Waals surface area (Å²) in [5.41, 5.74) is 9.58. The number of amides is 2. The highest BCUT2D eigenvalue weighted by Crippen LogP contribution is 2.21. The lowest BCUT2D eigenvalue weighted by atomic mass is 10.1. The number of carbonyl (C=O) groups excluding carboxylic acids is 2. The molecule has 0 unspecified atom stereocenters. The highest BCUT2D eigenvalue weighted by atomic mass is 16.2. The van der Waals surface area contributed by atoms with Crippen LogP contribution in [0, 0.1) is 0 Å². The van der Waals surface area contributed by atoms with E-state index in [1.807, 2.05) is 42.5 Å². The third-order valence-electron chi connectivity index (χ3n) is 5.26. The third-order valence-corrected chi connectivity index (χ3v) is 5.26. The third kappa shape index (κ3) is 4.80. The Morgan fingerprint density at radius 1 is 0.903 bits per heavy atom. The van der Waals surface area contributed by atoms with Gasteiger partial charge in [-0.25, -0.2) is 9.97 Å². The molecule has 0 saturated carbocycles. The number of benzene rings is 2. The minimum absolute atomic E-state index is 0.0312. The van der Waals surface area contributed by atoms with Crippen LogP contribution in [0.3, 0.4) is 0 Å². The van der Waals surface area contributed by atoms with E-state index in [4.69, 9.17) is 5.73 Å². The molecule has 3 N–H and O–H groups in total. The van der Waals surface area contributed by atoms with Crippen molar-refractivity contribution < 1.29 is 9.59 Å². The smallest absolute Gasteiger partial charge is 0.253 e. The van der Waals surface area contributed by atoms with Gasteiger partial charge in [0, 0.05) is 61.8 Å². The fourth-order valence-electron chi connectivity index (χ4n) is 3.47. The summed E-state index contributed by atoms with van der Waals surface area (Å²) in [6, 6.07) is 16.6. The summed E-state index contributed by atoms with van der Waals surface area (Å²) in [4.78, 5) is 36.6. The molecule has 31 heavy (non-hydrogen) atoms. The number of rotatable bonds is 4. The average Bonchev–Trinajstić information content (AvgIpc) is 2.80. The topological polar surface area (TPSA) is 104 Å². The highest BCUT2D eigenvalue weighted by molar-refractivity contribution is 5.94. The van der Waals surface area contributed by atoms with E-state index in [1.165, 1.54) is 0 Å². The number of carbonyl (C=O) groups is 2. The largest absolute Gasteiger partial charge is 0.399 e. The number of hydrogen-bond acceptors (Lipinski definition) is 6. The zero-order valence-electron chi connectivity index (χ0n) is 17.3. The quantitative estimate of drug-likeness (QED) is 0.634. The molecule has 1 aromatic heterocycles. The van der Waals surface area contributed by atoms with Crippen LogP contribution in [-0.2, 0) is 4.79 Å². The van der Waals surface area contributed by atoms with Gasteiger partial charge in [-0.1, -0.05) is 12.1 Å². The molecular weight excluding hydrogens is 392 g/mol. The number of hydrogen-bond donors (Lipinski definition) is 2. The van der Waals surface area contributed by atoms with Crippen LogP contribution in [-0.4, -0.2) is 57.8 Å². The summed E-state index contributed by atoms with van der Waals surface area (Å²) in [5.74, 6) is 0.482. The first-order chi connectivity index (χ1) is 15.0. The van der Waals surface area contributed by atoms with E-state index in [0.717, 1.165) is 16.9 Å². The van der Waals surface area contributed by atoms with Crippen LogP contribution in [0.5, 0.6) is 0 Å². The van der Waals surface area contributed by atoms with Crippen molar-refractivity contribution in [3.8, 4) is 11.3 Å². The van der Waals surface area contributed by atoms with Crippen LogP contribution in [0.25, 0.3) is 11.3 Å². The maximum absolute atomic E-state index is 12.7. The summed E-state index contributed by atoms with van der Waals surface area (Å²) in [5, 5.41) is 3.17. The Bertz CT molecular complexity index is 1070. The fraction of sp³-hybridized carbons (Fsp3) is 0.217. The summed E-state index contributed by atoms with van der Waals surface area (Å²) in [6.45, 7) is 3.79. The molecule has 3 aromatic rings. The van der Waals surface area contributed by atoms with Crippen LogP contribution in [0.1, 0.15) is 17.3 Å². The summed E-state index contributed by atoms with van der Waals surface area (Å²) in [7, 11) is 0. The van der Waals surface area contributed by atoms with Gasteiger partial charge in [-0.15, -0.1) is 0 Å². The van der Waals surface area contributed by atoms with Gasteiger partial charge in [0.25, 0.3) is 5.91 Å². The molecule has 1 aliphatic heterocycles. The van der Waals surface area contributed by atoms with E-state index in [1.54, 1.807) is 35.1 Å².